The molecular weight excluding hydrogens is 305 g/mol. The summed E-state index contributed by atoms with van der Waals surface area (Å²) < 4.78 is 19.0. The van der Waals surface area contributed by atoms with Gasteiger partial charge in [0.05, 0.1) is 0 Å². The van der Waals surface area contributed by atoms with Crippen molar-refractivity contribution >= 4 is 5.78 Å². The number of hydrogen-bond acceptors (Lipinski definition) is 3. The molecule has 0 radical (unpaired) electrons. The number of halogens is 1. The summed E-state index contributed by atoms with van der Waals surface area (Å²) in [4.78, 5) is 12.4. The van der Waals surface area contributed by atoms with Gasteiger partial charge in [-0.05, 0) is 38.1 Å². The Morgan fingerprint density at radius 3 is 2.50 bits per heavy atom. The number of carbonyl (C=O) groups excluding carboxylic acids is 1. The third kappa shape index (κ3) is 3.82. The standard InChI is InChI=1S/C20H22FNO2/c1-20(2)19(24-17-10-8-15(21)9-11-17)13-16(22-20)12-18(23)14-6-4-3-5-7-14/h3-11,16,19,22H,12-13H2,1-2H3. The van der Waals surface area contributed by atoms with E-state index in [1.165, 1.54) is 12.1 Å². The van der Waals surface area contributed by atoms with Crippen LogP contribution in [0.1, 0.15) is 37.0 Å². The highest BCUT2D eigenvalue weighted by atomic mass is 19.1. The average Bonchev–Trinajstić information content (AvgIpc) is 2.84. The zero-order valence-electron chi connectivity index (χ0n) is 14.0. The molecule has 2 unspecified atom stereocenters. The number of Topliss-reactive ketones (excluding diaryl/α,β-unsaturated/α-hetero) is 1. The number of ether oxygens (including phenoxy) is 1. The molecule has 1 fully saturated rings. The Hall–Kier alpha value is -2.20. The van der Waals surface area contributed by atoms with E-state index in [-0.39, 0.29) is 29.3 Å². The molecule has 2 atom stereocenters. The topological polar surface area (TPSA) is 38.3 Å². The van der Waals surface area contributed by atoms with Crippen molar-refractivity contribution in [3.63, 3.8) is 0 Å². The van der Waals surface area contributed by atoms with Gasteiger partial charge in [0.2, 0.25) is 0 Å². The van der Waals surface area contributed by atoms with E-state index in [0.29, 0.717) is 12.2 Å². The van der Waals surface area contributed by atoms with Gasteiger partial charge in [0.1, 0.15) is 17.7 Å². The normalized spacial score (nSPS) is 22.3. The van der Waals surface area contributed by atoms with E-state index >= 15 is 0 Å². The lowest BCUT2D eigenvalue weighted by Gasteiger charge is -2.27. The SMILES string of the molecule is CC1(C)NC(CC(=O)c2ccccc2)CC1Oc1ccc(F)cc1. The number of nitrogens with one attached hydrogen (secondary N) is 1. The van der Waals surface area contributed by atoms with Crippen molar-refractivity contribution < 1.29 is 13.9 Å². The zero-order valence-corrected chi connectivity index (χ0v) is 14.0. The lowest BCUT2D eigenvalue weighted by atomic mass is 9.98. The third-order valence-electron chi connectivity index (χ3n) is 4.50. The largest absolute Gasteiger partial charge is 0.488 e. The van der Waals surface area contributed by atoms with E-state index in [0.717, 1.165) is 12.0 Å². The molecule has 3 rings (SSSR count). The number of carbonyl (C=O) groups is 1. The molecule has 1 heterocycles. The molecule has 24 heavy (non-hydrogen) atoms. The highest BCUT2D eigenvalue weighted by molar-refractivity contribution is 5.96. The molecule has 1 aliphatic heterocycles. The van der Waals surface area contributed by atoms with Crippen LogP contribution in [0.2, 0.25) is 0 Å². The van der Waals surface area contributed by atoms with Crippen LogP contribution in [0.15, 0.2) is 54.6 Å². The summed E-state index contributed by atoms with van der Waals surface area (Å²) >= 11 is 0. The molecule has 0 spiro atoms. The van der Waals surface area contributed by atoms with Crippen molar-refractivity contribution in [3.05, 3.63) is 66.0 Å². The van der Waals surface area contributed by atoms with Gasteiger partial charge in [-0.25, -0.2) is 4.39 Å². The maximum Gasteiger partial charge on any atom is 0.164 e. The smallest absolute Gasteiger partial charge is 0.164 e. The van der Waals surface area contributed by atoms with Crippen LogP contribution >= 0.6 is 0 Å². The molecule has 1 saturated heterocycles. The van der Waals surface area contributed by atoms with Crippen LogP contribution in [0.5, 0.6) is 5.75 Å². The second-order valence-corrected chi connectivity index (χ2v) is 6.85. The lowest BCUT2D eigenvalue weighted by Crippen LogP contribution is -2.45. The third-order valence-corrected chi connectivity index (χ3v) is 4.50. The predicted octanol–water partition coefficient (Wildman–Crippen LogP) is 3.99. The summed E-state index contributed by atoms with van der Waals surface area (Å²) in [5, 5.41) is 3.49. The second-order valence-electron chi connectivity index (χ2n) is 6.85. The quantitative estimate of drug-likeness (QED) is 0.844. The van der Waals surface area contributed by atoms with Crippen molar-refractivity contribution in [2.24, 2.45) is 0 Å². The van der Waals surface area contributed by atoms with Crippen molar-refractivity contribution in [3.8, 4) is 5.75 Å². The summed E-state index contributed by atoms with van der Waals surface area (Å²) in [7, 11) is 0. The van der Waals surface area contributed by atoms with Crippen LogP contribution in [-0.2, 0) is 0 Å². The van der Waals surface area contributed by atoms with E-state index in [1.807, 2.05) is 30.3 Å². The van der Waals surface area contributed by atoms with E-state index in [4.69, 9.17) is 4.74 Å². The first kappa shape index (κ1) is 16.7. The molecule has 2 aromatic rings. The Morgan fingerprint density at radius 2 is 1.83 bits per heavy atom. The molecular formula is C20H22FNO2. The molecule has 0 aromatic heterocycles. The lowest BCUT2D eigenvalue weighted by molar-refractivity contribution is 0.0970. The van der Waals surface area contributed by atoms with Crippen molar-refractivity contribution in [1.29, 1.82) is 0 Å². The number of rotatable bonds is 5. The molecule has 0 saturated carbocycles. The van der Waals surface area contributed by atoms with Crippen LogP contribution in [0.25, 0.3) is 0 Å². The van der Waals surface area contributed by atoms with Crippen molar-refractivity contribution in [1.82, 2.24) is 5.32 Å². The molecule has 1 N–H and O–H groups in total. The van der Waals surface area contributed by atoms with Crippen LogP contribution in [0.3, 0.4) is 0 Å². The second kappa shape index (κ2) is 6.73. The first-order valence-electron chi connectivity index (χ1n) is 8.22. The Morgan fingerprint density at radius 1 is 1.17 bits per heavy atom. The molecule has 4 heteroatoms. The highest BCUT2D eigenvalue weighted by Gasteiger charge is 2.42. The molecule has 126 valence electrons. The Balaban J connectivity index is 1.64. The number of hydrogen-bond donors (Lipinski definition) is 1. The van der Waals surface area contributed by atoms with Crippen molar-refractivity contribution in [2.75, 3.05) is 0 Å². The van der Waals surface area contributed by atoms with Gasteiger partial charge in [-0.3, -0.25) is 4.79 Å². The van der Waals surface area contributed by atoms with E-state index in [9.17, 15) is 9.18 Å². The van der Waals surface area contributed by atoms with Crippen LogP contribution in [-0.4, -0.2) is 23.5 Å². The van der Waals surface area contributed by atoms with Crippen LogP contribution in [0, 0.1) is 5.82 Å². The fourth-order valence-electron chi connectivity index (χ4n) is 3.20. The minimum atomic E-state index is -0.280. The van der Waals surface area contributed by atoms with Gasteiger partial charge in [0.25, 0.3) is 0 Å². The van der Waals surface area contributed by atoms with E-state index in [1.54, 1.807) is 12.1 Å². The van der Waals surface area contributed by atoms with Gasteiger partial charge in [-0.15, -0.1) is 0 Å². The summed E-state index contributed by atoms with van der Waals surface area (Å²) in [6.45, 7) is 4.13. The summed E-state index contributed by atoms with van der Waals surface area (Å²) in [6, 6.07) is 15.5. The predicted molar refractivity (Wildman–Crippen MR) is 91.8 cm³/mol. The summed E-state index contributed by atoms with van der Waals surface area (Å²) in [5.74, 6) is 0.495. The number of ketones is 1. The van der Waals surface area contributed by atoms with Gasteiger partial charge >= 0.3 is 0 Å². The fraction of sp³-hybridized carbons (Fsp3) is 0.350. The maximum atomic E-state index is 13.0. The fourth-order valence-corrected chi connectivity index (χ4v) is 3.20. The Labute approximate surface area is 141 Å². The Bertz CT molecular complexity index is 697. The first-order valence-corrected chi connectivity index (χ1v) is 8.22. The van der Waals surface area contributed by atoms with Gasteiger partial charge in [0.15, 0.2) is 5.78 Å². The maximum absolute atomic E-state index is 13.0. The molecule has 1 aliphatic rings. The van der Waals surface area contributed by atoms with Gasteiger partial charge in [-0.2, -0.15) is 0 Å². The number of benzene rings is 2. The van der Waals surface area contributed by atoms with Gasteiger partial charge in [0, 0.05) is 30.0 Å². The molecule has 0 bridgehead atoms. The molecule has 0 aliphatic carbocycles. The Kier molecular flexibility index (Phi) is 4.67. The van der Waals surface area contributed by atoms with Crippen LogP contribution < -0.4 is 10.1 Å². The molecule has 3 nitrogen and oxygen atoms in total. The van der Waals surface area contributed by atoms with Gasteiger partial charge < -0.3 is 10.1 Å². The van der Waals surface area contributed by atoms with Crippen molar-refractivity contribution in [2.45, 2.75) is 44.4 Å². The van der Waals surface area contributed by atoms with Gasteiger partial charge in [-0.1, -0.05) is 30.3 Å². The molecule has 2 aromatic carbocycles. The summed E-state index contributed by atoms with van der Waals surface area (Å²) in [6.07, 6.45) is 1.11. The first-order chi connectivity index (χ1) is 11.4. The summed E-state index contributed by atoms with van der Waals surface area (Å²) in [5.41, 5.74) is 0.482. The monoisotopic (exact) mass is 327 g/mol. The highest BCUT2D eigenvalue weighted by Crippen LogP contribution is 2.30. The minimum absolute atomic E-state index is 0.0677. The van der Waals surface area contributed by atoms with Crippen LogP contribution in [0.4, 0.5) is 4.39 Å². The minimum Gasteiger partial charge on any atom is -0.488 e. The van der Waals surface area contributed by atoms with E-state index in [2.05, 4.69) is 19.2 Å². The van der Waals surface area contributed by atoms with E-state index < -0.39 is 0 Å². The average molecular weight is 327 g/mol. The zero-order chi connectivity index (χ0) is 17.2. The molecule has 0 amide bonds.